The summed E-state index contributed by atoms with van der Waals surface area (Å²) in [4.78, 5) is 35.6. The highest BCUT2D eigenvalue weighted by molar-refractivity contribution is 5.83. The number of carboxylic acid groups (broad SMARTS) is 1. The van der Waals surface area contributed by atoms with E-state index in [1.165, 1.54) is 12.0 Å². The van der Waals surface area contributed by atoms with E-state index in [0.717, 1.165) is 0 Å². The molecule has 0 saturated carbocycles. The maximum absolute atomic E-state index is 12.0. The van der Waals surface area contributed by atoms with Crippen LogP contribution in [0.5, 0.6) is 0 Å². The molecule has 0 spiro atoms. The maximum Gasteiger partial charge on any atom is 0.407 e. The fourth-order valence-electron chi connectivity index (χ4n) is 2.03. The second-order valence-corrected chi connectivity index (χ2v) is 5.08. The zero-order chi connectivity index (χ0) is 15.3. The number of urea groups is 1. The van der Waals surface area contributed by atoms with Crippen LogP contribution in [0.2, 0.25) is 0 Å². The minimum absolute atomic E-state index is 0.171. The summed E-state index contributed by atoms with van der Waals surface area (Å²) in [5, 5.41) is 14.1. The van der Waals surface area contributed by atoms with Crippen molar-refractivity contribution < 1.29 is 24.2 Å². The summed E-state index contributed by atoms with van der Waals surface area (Å²) in [6, 6.07) is -1.52. The molecular formula is C12H21N3O5. The molecule has 0 radical (unpaired) electrons. The predicted octanol–water partition coefficient (Wildman–Crippen LogP) is 0.236. The number of nitrogens with zero attached hydrogens (tertiary/aromatic N) is 1. The van der Waals surface area contributed by atoms with Gasteiger partial charge >= 0.3 is 18.1 Å². The Kier molecular flexibility index (Phi) is 5.60. The molecule has 0 aliphatic carbocycles. The SMILES string of the molecule is COC(=O)NC1CCN(C(=O)N[C@H](C(=O)O)C(C)C)C1. The Balaban J connectivity index is 2.49. The minimum Gasteiger partial charge on any atom is -0.480 e. The summed E-state index contributed by atoms with van der Waals surface area (Å²) in [5.41, 5.74) is 0. The highest BCUT2D eigenvalue weighted by Gasteiger charge is 2.31. The molecule has 1 aliphatic rings. The number of likely N-dealkylation sites (tertiary alicyclic amines) is 1. The van der Waals surface area contributed by atoms with Gasteiger partial charge in [0, 0.05) is 13.1 Å². The van der Waals surface area contributed by atoms with E-state index in [9.17, 15) is 14.4 Å². The van der Waals surface area contributed by atoms with Gasteiger partial charge in [0.2, 0.25) is 0 Å². The molecule has 3 N–H and O–H groups in total. The van der Waals surface area contributed by atoms with Crippen molar-refractivity contribution in [3.8, 4) is 0 Å². The molecule has 1 unspecified atom stereocenters. The van der Waals surface area contributed by atoms with Gasteiger partial charge < -0.3 is 25.4 Å². The topological polar surface area (TPSA) is 108 Å². The molecule has 2 atom stereocenters. The van der Waals surface area contributed by atoms with E-state index >= 15 is 0 Å². The van der Waals surface area contributed by atoms with Gasteiger partial charge in [0.1, 0.15) is 6.04 Å². The number of carboxylic acids is 1. The number of methoxy groups -OCH3 is 1. The smallest absolute Gasteiger partial charge is 0.407 e. The summed E-state index contributed by atoms with van der Waals surface area (Å²) in [6.07, 6.45) is 0.0740. The second kappa shape index (κ2) is 6.97. The van der Waals surface area contributed by atoms with Crippen molar-refractivity contribution in [2.24, 2.45) is 5.92 Å². The number of aliphatic carboxylic acids is 1. The van der Waals surface area contributed by atoms with Gasteiger partial charge in [-0.2, -0.15) is 0 Å². The third-order valence-electron chi connectivity index (χ3n) is 3.19. The van der Waals surface area contributed by atoms with E-state index in [2.05, 4.69) is 15.4 Å². The molecule has 8 nitrogen and oxygen atoms in total. The number of carbonyl (C=O) groups is 3. The van der Waals surface area contributed by atoms with Crippen LogP contribution in [0.3, 0.4) is 0 Å². The van der Waals surface area contributed by atoms with Gasteiger partial charge in [0.05, 0.1) is 13.2 Å². The average Bonchev–Trinajstić information content (AvgIpc) is 2.83. The Bertz CT molecular complexity index is 385. The lowest BCUT2D eigenvalue weighted by molar-refractivity contribution is -0.140. The third kappa shape index (κ3) is 4.29. The summed E-state index contributed by atoms with van der Waals surface area (Å²) in [5.74, 6) is -1.26. The molecule has 0 aromatic carbocycles. The zero-order valence-electron chi connectivity index (χ0n) is 11.9. The molecule has 8 heteroatoms. The van der Waals surface area contributed by atoms with Gasteiger partial charge in [-0.15, -0.1) is 0 Å². The lowest BCUT2D eigenvalue weighted by atomic mass is 10.1. The molecule has 114 valence electrons. The Hall–Kier alpha value is -1.99. The van der Waals surface area contributed by atoms with Crippen LogP contribution in [0, 0.1) is 5.92 Å². The average molecular weight is 287 g/mol. The Morgan fingerprint density at radius 3 is 2.50 bits per heavy atom. The van der Waals surface area contributed by atoms with Crippen molar-refractivity contribution in [3.63, 3.8) is 0 Å². The number of hydrogen-bond acceptors (Lipinski definition) is 4. The Morgan fingerprint density at radius 2 is 2.00 bits per heavy atom. The summed E-state index contributed by atoms with van der Waals surface area (Å²) < 4.78 is 4.49. The zero-order valence-corrected chi connectivity index (χ0v) is 11.9. The first-order valence-corrected chi connectivity index (χ1v) is 6.47. The van der Waals surface area contributed by atoms with Crippen molar-refractivity contribution >= 4 is 18.1 Å². The summed E-state index contributed by atoms with van der Waals surface area (Å²) in [7, 11) is 1.27. The normalized spacial score (nSPS) is 19.6. The van der Waals surface area contributed by atoms with Crippen LogP contribution in [-0.4, -0.2) is 60.4 Å². The number of alkyl carbamates (subject to hydrolysis) is 1. The standard InChI is InChI=1S/C12H21N3O5/c1-7(2)9(10(16)17)14-11(18)15-5-4-8(6-15)13-12(19)20-3/h7-9H,4-6H2,1-3H3,(H,13,19)(H,14,18)(H,16,17)/t8?,9-/m0/s1. The van der Waals surface area contributed by atoms with E-state index in [0.29, 0.717) is 19.5 Å². The molecular weight excluding hydrogens is 266 g/mol. The van der Waals surface area contributed by atoms with Crippen molar-refractivity contribution in [2.45, 2.75) is 32.4 Å². The van der Waals surface area contributed by atoms with Crippen molar-refractivity contribution in [2.75, 3.05) is 20.2 Å². The largest absolute Gasteiger partial charge is 0.480 e. The number of amides is 3. The van der Waals surface area contributed by atoms with E-state index in [4.69, 9.17) is 5.11 Å². The third-order valence-corrected chi connectivity index (χ3v) is 3.19. The van der Waals surface area contributed by atoms with Crippen LogP contribution in [-0.2, 0) is 9.53 Å². The molecule has 1 aliphatic heterocycles. The van der Waals surface area contributed by atoms with Crippen LogP contribution in [0.1, 0.15) is 20.3 Å². The van der Waals surface area contributed by atoms with Crippen LogP contribution >= 0.6 is 0 Å². The number of rotatable bonds is 4. The number of hydrogen-bond donors (Lipinski definition) is 3. The van der Waals surface area contributed by atoms with Crippen molar-refractivity contribution in [1.29, 1.82) is 0 Å². The van der Waals surface area contributed by atoms with Gasteiger partial charge in [-0.3, -0.25) is 0 Å². The first kappa shape index (κ1) is 16.1. The lowest BCUT2D eigenvalue weighted by Gasteiger charge is -2.23. The fourth-order valence-corrected chi connectivity index (χ4v) is 2.03. The van der Waals surface area contributed by atoms with E-state index < -0.39 is 24.1 Å². The molecule has 1 heterocycles. The van der Waals surface area contributed by atoms with Gasteiger partial charge in [0.15, 0.2) is 0 Å². The second-order valence-electron chi connectivity index (χ2n) is 5.08. The molecule has 1 rings (SSSR count). The van der Waals surface area contributed by atoms with Gasteiger partial charge in [-0.1, -0.05) is 13.8 Å². The maximum atomic E-state index is 12.0. The van der Waals surface area contributed by atoms with E-state index in [-0.39, 0.29) is 12.0 Å². The number of carbonyl (C=O) groups excluding carboxylic acids is 2. The number of nitrogens with one attached hydrogen (secondary N) is 2. The molecule has 0 aromatic rings. The predicted molar refractivity (Wildman–Crippen MR) is 70.3 cm³/mol. The molecule has 0 aromatic heterocycles. The van der Waals surface area contributed by atoms with Crippen LogP contribution < -0.4 is 10.6 Å². The minimum atomic E-state index is -1.06. The van der Waals surface area contributed by atoms with Gasteiger partial charge in [-0.25, -0.2) is 14.4 Å². The van der Waals surface area contributed by atoms with Crippen molar-refractivity contribution in [1.82, 2.24) is 15.5 Å². The van der Waals surface area contributed by atoms with Crippen LogP contribution in [0.4, 0.5) is 9.59 Å². The fraction of sp³-hybridized carbons (Fsp3) is 0.750. The van der Waals surface area contributed by atoms with Crippen LogP contribution in [0.15, 0.2) is 0 Å². The van der Waals surface area contributed by atoms with Crippen molar-refractivity contribution in [3.05, 3.63) is 0 Å². The molecule has 20 heavy (non-hydrogen) atoms. The highest BCUT2D eigenvalue weighted by Crippen LogP contribution is 2.11. The first-order valence-electron chi connectivity index (χ1n) is 6.47. The monoisotopic (exact) mass is 287 g/mol. The highest BCUT2D eigenvalue weighted by atomic mass is 16.5. The molecule has 1 saturated heterocycles. The van der Waals surface area contributed by atoms with Crippen LogP contribution in [0.25, 0.3) is 0 Å². The Morgan fingerprint density at radius 1 is 1.35 bits per heavy atom. The number of ether oxygens (including phenoxy) is 1. The molecule has 3 amide bonds. The lowest BCUT2D eigenvalue weighted by Crippen LogP contribution is -2.50. The Labute approximate surface area is 117 Å². The first-order chi connectivity index (χ1) is 9.35. The van der Waals surface area contributed by atoms with Gasteiger partial charge in [-0.05, 0) is 12.3 Å². The van der Waals surface area contributed by atoms with Gasteiger partial charge in [0.25, 0.3) is 0 Å². The van der Waals surface area contributed by atoms with E-state index in [1.807, 2.05) is 0 Å². The van der Waals surface area contributed by atoms with E-state index in [1.54, 1.807) is 13.8 Å². The molecule has 0 bridgehead atoms. The quantitative estimate of drug-likeness (QED) is 0.686. The summed E-state index contributed by atoms with van der Waals surface area (Å²) >= 11 is 0. The summed E-state index contributed by atoms with van der Waals surface area (Å²) in [6.45, 7) is 4.26. The molecule has 1 fully saturated rings.